The molecule has 1 N–H and O–H groups in total. The maximum absolute atomic E-state index is 12.2. The predicted molar refractivity (Wildman–Crippen MR) is 100 cm³/mol. The third-order valence-corrected chi connectivity index (χ3v) is 5.31. The van der Waals surface area contributed by atoms with Crippen LogP contribution in [0.5, 0.6) is 0 Å². The molecule has 1 saturated heterocycles. The molecule has 1 aromatic carbocycles. The van der Waals surface area contributed by atoms with Gasteiger partial charge in [0.15, 0.2) is 0 Å². The average molecular weight is 356 g/mol. The van der Waals surface area contributed by atoms with E-state index in [-0.39, 0.29) is 11.3 Å². The number of hydrogen-bond acceptors (Lipinski definition) is 5. The molecule has 1 aliphatic rings. The van der Waals surface area contributed by atoms with Gasteiger partial charge in [-0.3, -0.25) is 4.79 Å². The molecular weight excluding hydrogens is 328 g/mol. The first kappa shape index (κ1) is 18.6. The lowest BCUT2D eigenvalue weighted by Crippen LogP contribution is -2.53. The Hall–Kier alpha value is -2.21. The van der Waals surface area contributed by atoms with E-state index >= 15 is 0 Å². The molecule has 6 heteroatoms. The topological polar surface area (TPSA) is 71.3 Å². The van der Waals surface area contributed by atoms with Crippen LogP contribution in [-0.4, -0.2) is 47.2 Å². The number of likely N-dealkylation sites (N-methyl/N-ethyl adjacent to an activating group) is 1. The zero-order valence-corrected chi connectivity index (χ0v) is 15.9. The van der Waals surface area contributed by atoms with Crippen molar-refractivity contribution in [3.05, 3.63) is 36.2 Å². The van der Waals surface area contributed by atoms with Crippen LogP contribution in [0.1, 0.15) is 39.0 Å². The number of aryl methyl sites for hydroxylation is 1. The van der Waals surface area contributed by atoms with Crippen molar-refractivity contribution in [1.29, 1.82) is 0 Å². The van der Waals surface area contributed by atoms with Crippen molar-refractivity contribution in [3.8, 4) is 11.5 Å². The summed E-state index contributed by atoms with van der Waals surface area (Å²) in [6.45, 7) is 6.34. The van der Waals surface area contributed by atoms with Gasteiger partial charge in [0.25, 0.3) is 0 Å². The number of nitrogens with zero attached hydrogens (tertiary/aromatic N) is 3. The highest BCUT2D eigenvalue weighted by Crippen LogP contribution is 2.33. The summed E-state index contributed by atoms with van der Waals surface area (Å²) < 4.78 is 5.65. The van der Waals surface area contributed by atoms with Gasteiger partial charge in [0.05, 0.1) is 0 Å². The van der Waals surface area contributed by atoms with Gasteiger partial charge in [-0.2, -0.15) is 0 Å². The number of carbonyl (C=O) groups excluding carboxylic acids is 1. The van der Waals surface area contributed by atoms with Crippen molar-refractivity contribution < 1.29 is 9.21 Å². The van der Waals surface area contributed by atoms with E-state index in [1.54, 1.807) is 0 Å². The molecule has 0 saturated carbocycles. The molecule has 1 fully saturated rings. The molecule has 2 heterocycles. The molecule has 1 aliphatic heterocycles. The average Bonchev–Trinajstić information content (AvgIpc) is 3.09. The molecule has 3 rings (SSSR count). The summed E-state index contributed by atoms with van der Waals surface area (Å²) >= 11 is 0. The van der Waals surface area contributed by atoms with Crippen molar-refractivity contribution in [2.75, 3.05) is 20.1 Å². The maximum atomic E-state index is 12.2. The van der Waals surface area contributed by atoms with Crippen LogP contribution >= 0.6 is 0 Å². The lowest BCUT2D eigenvalue weighted by atomic mass is 9.76. The quantitative estimate of drug-likeness (QED) is 0.862. The third kappa shape index (κ3) is 4.49. The Morgan fingerprint density at radius 3 is 2.81 bits per heavy atom. The Balaban J connectivity index is 1.48. The SMILES string of the molecule is CN1CCCC(C)(C)[C@@H]1CNC(=O)CCc1nnc(-c2ccccc2)o1. The van der Waals surface area contributed by atoms with Crippen LogP contribution in [-0.2, 0) is 11.2 Å². The van der Waals surface area contributed by atoms with E-state index in [2.05, 4.69) is 41.3 Å². The van der Waals surface area contributed by atoms with Gasteiger partial charge in [-0.05, 0) is 44.0 Å². The van der Waals surface area contributed by atoms with Gasteiger partial charge < -0.3 is 14.6 Å². The van der Waals surface area contributed by atoms with Gasteiger partial charge >= 0.3 is 0 Å². The van der Waals surface area contributed by atoms with Crippen LogP contribution < -0.4 is 5.32 Å². The number of piperidine rings is 1. The van der Waals surface area contributed by atoms with E-state index in [0.29, 0.717) is 37.2 Å². The molecule has 0 unspecified atom stereocenters. The fourth-order valence-electron chi connectivity index (χ4n) is 3.71. The second kappa shape index (κ2) is 7.99. The summed E-state index contributed by atoms with van der Waals surface area (Å²) in [7, 11) is 2.14. The van der Waals surface area contributed by atoms with E-state index < -0.39 is 0 Å². The molecule has 0 spiro atoms. The monoisotopic (exact) mass is 356 g/mol. The van der Waals surface area contributed by atoms with Crippen LogP contribution in [0.3, 0.4) is 0 Å². The Bertz CT molecular complexity index is 726. The minimum atomic E-state index is 0.0271. The Morgan fingerprint density at radius 1 is 1.31 bits per heavy atom. The highest BCUT2D eigenvalue weighted by atomic mass is 16.4. The summed E-state index contributed by atoms with van der Waals surface area (Å²) in [5, 5.41) is 11.2. The molecule has 2 aromatic rings. The highest BCUT2D eigenvalue weighted by molar-refractivity contribution is 5.76. The van der Waals surface area contributed by atoms with Crippen molar-refractivity contribution in [1.82, 2.24) is 20.4 Å². The summed E-state index contributed by atoms with van der Waals surface area (Å²) in [6, 6.07) is 10.0. The predicted octanol–water partition coefficient (Wildman–Crippen LogP) is 2.91. The van der Waals surface area contributed by atoms with Crippen molar-refractivity contribution >= 4 is 5.91 Å². The second-order valence-electron chi connectivity index (χ2n) is 7.76. The first-order valence-electron chi connectivity index (χ1n) is 9.30. The minimum absolute atomic E-state index is 0.0271. The van der Waals surface area contributed by atoms with E-state index in [1.165, 1.54) is 12.8 Å². The summed E-state index contributed by atoms with van der Waals surface area (Å²) in [5.41, 5.74) is 1.11. The van der Waals surface area contributed by atoms with Crippen molar-refractivity contribution in [2.45, 2.75) is 45.6 Å². The largest absolute Gasteiger partial charge is 0.421 e. The van der Waals surface area contributed by atoms with E-state index in [4.69, 9.17) is 4.42 Å². The zero-order chi connectivity index (χ0) is 18.6. The number of nitrogens with one attached hydrogen (secondary N) is 1. The Kier molecular flexibility index (Phi) is 5.71. The molecule has 6 nitrogen and oxygen atoms in total. The first-order valence-corrected chi connectivity index (χ1v) is 9.30. The lowest BCUT2D eigenvalue weighted by molar-refractivity contribution is -0.121. The van der Waals surface area contributed by atoms with Gasteiger partial charge in [-0.1, -0.05) is 32.0 Å². The molecule has 0 radical (unpaired) electrons. The number of amides is 1. The fraction of sp³-hybridized carbons (Fsp3) is 0.550. The second-order valence-corrected chi connectivity index (χ2v) is 7.76. The lowest BCUT2D eigenvalue weighted by Gasteiger charge is -2.45. The van der Waals surface area contributed by atoms with Crippen molar-refractivity contribution in [3.63, 3.8) is 0 Å². The van der Waals surface area contributed by atoms with Gasteiger partial charge in [0.2, 0.25) is 17.7 Å². The minimum Gasteiger partial charge on any atom is -0.421 e. The Morgan fingerprint density at radius 2 is 2.08 bits per heavy atom. The zero-order valence-electron chi connectivity index (χ0n) is 15.9. The number of likely N-dealkylation sites (tertiary alicyclic amines) is 1. The summed E-state index contributed by atoms with van der Waals surface area (Å²) in [6.07, 6.45) is 3.22. The van der Waals surface area contributed by atoms with E-state index in [0.717, 1.165) is 12.1 Å². The van der Waals surface area contributed by atoms with Gasteiger partial charge in [-0.25, -0.2) is 0 Å². The third-order valence-electron chi connectivity index (χ3n) is 5.31. The van der Waals surface area contributed by atoms with Crippen LogP contribution in [0.25, 0.3) is 11.5 Å². The standard InChI is InChI=1S/C20H28N4O2/c1-20(2)12-7-13-24(3)16(20)14-21-17(25)10-11-18-22-23-19(26-18)15-8-5-4-6-9-15/h4-6,8-9,16H,7,10-14H2,1-3H3,(H,21,25)/t16-/m0/s1. The van der Waals surface area contributed by atoms with Gasteiger partial charge in [0, 0.05) is 31.0 Å². The van der Waals surface area contributed by atoms with Gasteiger partial charge in [-0.15, -0.1) is 10.2 Å². The highest BCUT2D eigenvalue weighted by Gasteiger charge is 2.35. The number of benzene rings is 1. The molecular formula is C20H28N4O2. The molecule has 140 valence electrons. The number of aromatic nitrogens is 2. The van der Waals surface area contributed by atoms with Crippen LogP contribution in [0.2, 0.25) is 0 Å². The number of hydrogen-bond donors (Lipinski definition) is 1. The smallest absolute Gasteiger partial charge is 0.247 e. The Labute approximate surface area is 155 Å². The first-order chi connectivity index (χ1) is 12.5. The maximum Gasteiger partial charge on any atom is 0.247 e. The summed E-state index contributed by atoms with van der Waals surface area (Å²) in [4.78, 5) is 14.6. The van der Waals surface area contributed by atoms with Gasteiger partial charge in [0.1, 0.15) is 0 Å². The fourth-order valence-corrected chi connectivity index (χ4v) is 3.71. The van der Waals surface area contributed by atoms with E-state index in [9.17, 15) is 4.79 Å². The molecule has 0 aliphatic carbocycles. The van der Waals surface area contributed by atoms with Crippen molar-refractivity contribution in [2.24, 2.45) is 5.41 Å². The molecule has 1 atom stereocenters. The molecule has 26 heavy (non-hydrogen) atoms. The number of rotatable bonds is 6. The van der Waals surface area contributed by atoms with Crippen LogP contribution in [0.4, 0.5) is 0 Å². The van der Waals surface area contributed by atoms with Crippen LogP contribution in [0.15, 0.2) is 34.7 Å². The summed E-state index contributed by atoms with van der Waals surface area (Å²) in [5.74, 6) is 1.01. The molecule has 1 amide bonds. The van der Waals surface area contributed by atoms with Crippen LogP contribution in [0, 0.1) is 5.41 Å². The molecule has 1 aromatic heterocycles. The number of carbonyl (C=O) groups is 1. The normalized spacial score (nSPS) is 20.0. The van der Waals surface area contributed by atoms with E-state index in [1.807, 2.05) is 30.3 Å². The molecule has 0 bridgehead atoms.